The van der Waals surface area contributed by atoms with Crippen molar-refractivity contribution in [3.63, 3.8) is 0 Å². The van der Waals surface area contributed by atoms with Crippen molar-refractivity contribution in [2.24, 2.45) is 0 Å². The van der Waals surface area contributed by atoms with Crippen LogP contribution in [0.5, 0.6) is 0 Å². The number of hydrogen-bond acceptors (Lipinski definition) is 3. The van der Waals surface area contributed by atoms with Crippen molar-refractivity contribution in [1.82, 2.24) is 4.90 Å². The molecule has 22 heavy (non-hydrogen) atoms. The molecule has 0 aliphatic carbocycles. The molecule has 1 aliphatic heterocycles. The molecule has 2 rings (SSSR count). The summed E-state index contributed by atoms with van der Waals surface area (Å²) in [4.78, 5) is 15.3. The van der Waals surface area contributed by atoms with E-state index in [-0.39, 0.29) is 11.5 Å². The molecule has 1 aliphatic rings. The van der Waals surface area contributed by atoms with Gasteiger partial charge < -0.3 is 9.64 Å². The van der Waals surface area contributed by atoms with Crippen molar-refractivity contribution in [2.75, 3.05) is 19.3 Å². The third kappa shape index (κ3) is 4.19. The van der Waals surface area contributed by atoms with Crippen LogP contribution in [0.25, 0.3) is 0 Å². The zero-order valence-corrected chi connectivity index (χ0v) is 15.1. The van der Waals surface area contributed by atoms with Gasteiger partial charge in [-0.2, -0.15) is 0 Å². The Bertz CT molecular complexity index is 511. The Kier molecular flexibility index (Phi) is 5.10. The Morgan fingerprint density at radius 2 is 1.73 bits per heavy atom. The molecule has 1 aromatic carbocycles. The van der Waals surface area contributed by atoms with E-state index in [4.69, 9.17) is 4.74 Å². The van der Waals surface area contributed by atoms with E-state index >= 15 is 0 Å². The van der Waals surface area contributed by atoms with E-state index in [1.54, 1.807) is 11.8 Å². The number of thioether (sulfide) groups is 1. The quantitative estimate of drug-likeness (QED) is 0.740. The van der Waals surface area contributed by atoms with Gasteiger partial charge in [0.25, 0.3) is 0 Å². The van der Waals surface area contributed by atoms with Gasteiger partial charge in [-0.3, -0.25) is 0 Å². The number of benzene rings is 1. The number of ether oxygens (including phenoxy) is 1. The first-order valence-corrected chi connectivity index (χ1v) is 9.08. The molecule has 0 saturated carbocycles. The fourth-order valence-electron chi connectivity index (χ4n) is 2.79. The lowest BCUT2D eigenvalue weighted by Crippen LogP contribution is -2.45. The van der Waals surface area contributed by atoms with E-state index in [2.05, 4.69) is 37.4 Å². The van der Waals surface area contributed by atoms with Gasteiger partial charge in [0.05, 0.1) is 0 Å². The van der Waals surface area contributed by atoms with Gasteiger partial charge in [-0.15, -0.1) is 11.8 Å². The molecule has 1 saturated heterocycles. The van der Waals surface area contributed by atoms with Crippen LogP contribution in [-0.2, 0) is 10.2 Å². The Balaban J connectivity index is 1.99. The van der Waals surface area contributed by atoms with Gasteiger partial charge in [0, 0.05) is 18.0 Å². The third-order valence-corrected chi connectivity index (χ3v) is 5.05. The average Bonchev–Trinajstić information content (AvgIpc) is 2.46. The number of hydrogen-bond donors (Lipinski definition) is 0. The smallest absolute Gasteiger partial charge is 0.410 e. The molecule has 122 valence electrons. The van der Waals surface area contributed by atoms with Gasteiger partial charge >= 0.3 is 6.09 Å². The first-order chi connectivity index (χ1) is 10.2. The molecule has 0 N–H and O–H groups in total. The molecule has 0 spiro atoms. The van der Waals surface area contributed by atoms with E-state index in [9.17, 15) is 4.79 Å². The number of carbonyl (C=O) groups excluding carboxylic acids is 1. The minimum absolute atomic E-state index is 0.148. The molecule has 1 heterocycles. The van der Waals surface area contributed by atoms with Gasteiger partial charge in [0.2, 0.25) is 0 Å². The molecule has 3 nitrogen and oxygen atoms in total. The number of rotatable bonds is 2. The number of carbonyl (C=O) groups is 1. The molecular weight excluding hydrogens is 294 g/mol. The second kappa shape index (κ2) is 6.53. The fourth-order valence-corrected chi connectivity index (χ4v) is 3.20. The molecular formula is C18H27NO2S. The summed E-state index contributed by atoms with van der Waals surface area (Å²) in [7, 11) is 0. The second-order valence-corrected chi connectivity index (χ2v) is 8.14. The number of nitrogens with zero attached hydrogens (tertiary/aromatic N) is 1. The standard InChI is InChI=1S/C18H27NO2S/c1-17(2,3)21-16(20)19-12-10-18(4,11-13-19)14-6-8-15(22-5)9-7-14/h6-9H,10-13H2,1-5H3. The van der Waals surface area contributed by atoms with Crippen molar-refractivity contribution >= 4 is 17.9 Å². The van der Waals surface area contributed by atoms with Crippen LogP contribution in [0.4, 0.5) is 4.79 Å². The highest BCUT2D eigenvalue weighted by Gasteiger charge is 2.34. The van der Waals surface area contributed by atoms with Gasteiger partial charge in [0.15, 0.2) is 0 Å². The lowest BCUT2D eigenvalue weighted by molar-refractivity contribution is 0.0172. The van der Waals surface area contributed by atoms with E-state index < -0.39 is 5.60 Å². The molecule has 0 bridgehead atoms. The van der Waals surface area contributed by atoms with E-state index in [0.717, 1.165) is 25.9 Å². The first kappa shape index (κ1) is 17.2. The Morgan fingerprint density at radius 3 is 2.18 bits per heavy atom. The van der Waals surface area contributed by atoms with Crippen LogP contribution in [0.1, 0.15) is 46.1 Å². The minimum atomic E-state index is -0.425. The predicted octanol–water partition coefficient (Wildman–Crippen LogP) is 4.70. The zero-order chi connectivity index (χ0) is 16.4. The number of amides is 1. The van der Waals surface area contributed by atoms with Crippen molar-refractivity contribution < 1.29 is 9.53 Å². The molecule has 0 aromatic heterocycles. The van der Waals surface area contributed by atoms with Crippen LogP contribution < -0.4 is 0 Å². The van der Waals surface area contributed by atoms with E-state index in [1.807, 2.05) is 25.7 Å². The molecule has 0 unspecified atom stereocenters. The minimum Gasteiger partial charge on any atom is -0.444 e. The summed E-state index contributed by atoms with van der Waals surface area (Å²) >= 11 is 1.76. The van der Waals surface area contributed by atoms with Gasteiger partial charge in [-0.05, 0) is 63.0 Å². The highest BCUT2D eigenvalue weighted by molar-refractivity contribution is 7.98. The summed E-state index contributed by atoms with van der Waals surface area (Å²) in [6.45, 7) is 9.55. The summed E-state index contributed by atoms with van der Waals surface area (Å²) in [5, 5.41) is 0. The van der Waals surface area contributed by atoms with Crippen molar-refractivity contribution in [3.05, 3.63) is 29.8 Å². The van der Waals surface area contributed by atoms with Crippen LogP contribution in [0.15, 0.2) is 29.2 Å². The predicted molar refractivity (Wildman–Crippen MR) is 92.6 cm³/mol. The van der Waals surface area contributed by atoms with Crippen molar-refractivity contribution in [1.29, 1.82) is 0 Å². The Morgan fingerprint density at radius 1 is 1.18 bits per heavy atom. The zero-order valence-electron chi connectivity index (χ0n) is 14.3. The van der Waals surface area contributed by atoms with Crippen LogP contribution in [0, 0.1) is 0 Å². The first-order valence-electron chi connectivity index (χ1n) is 7.86. The highest BCUT2D eigenvalue weighted by atomic mass is 32.2. The molecule has 0 atom stereocenters. The average molecular weight is 321 g/mol. The molecule has 1 aromatic rings. The van der Waals surface area contributed by atoms with Gasteiger partial charge in [-0.25, -0.2) is 4.79 Å². The topological polar surface area (TPSA) is 29.5 Å². The summed E-state index contributed by atoms with van der Waals surface area (Å²) in [6.07, 6.45) is 3.86. The van der Waals surface area contributed by atoms with Crippen LogP contribution >= 0.6 is 11.8 Å². The summed E-state index contributed by atoms with van der Waals surface area (Å²) in [5.74, 6) is 0. The monoisotopic (exact) mass is 321 g/mol. The maximum Gasteiger partial charge on any atom is 0.410 e. The third-order valence-electron chi connectivity index (χ3n) is 4.31. The highest BCUT2D eigenvalue weighted by Crippen LogP contribution is 2.36. The Labute approximate surface area is 138 Å². The summed E-state index contributed by atoms with van der Waals surface area (Å²) < 4.78 is 5.47. The normalized spacial score (nSPS) is 18.1. The molecule has 1 amide bonds. The van der Waals surface area contributed by atoms with Gasteiger partial charge in [0.1, 0.15) is 5.60 Å². The second-order valence-electron chi connectivity index (χ2n) is 7.26. The van der Waals surface area contributed by atoms with Gasteiger partial charge in [-0.1, -0.05) is 19.1 Å². The maximum atomic E-state index is 12.1. The maximum absolute atomic E-state index is 12.1. The molecule has 0 radical (unpaired) electrons. The van der Waals surface area contributed by atoms with Crippen LogP contribution in [0.2, 0.25) is 0 Å². The number of piperidine rings is 1. The Hall–Kier alpha value is -1.16. The fraction of sp³-hybridized carbons (Fsp3) is 0.611. The van der Waals surface area contributed by atoms with E-state index in [0.29, 0.717) is 0 Å². The largest absolute Gasteiger partial charge is 0.444 e. The van der Waals surface area contributed by atoms with E-state index in [1.165, 1.54) is 10.5 Å². The van der Waals surface area contributed by atoms with Crippen LogP contribution in [0.3, 0.4) is 0 Å². The summed E-state index contributed by atoms with van der Waals surface area (Å²) in [6, 6.07) is 8.83. The molecule has 4 heteroatoms. The molecule has 1 fully saturated rings. The van der Waals surface area contributed by atoms with Crippen molar-refractivity contribution in [2.45, 2.75) is 56.4 Å². The SMILES string of the molecule is CSc1ccc(C2(C)CCN(C(=O)OC(C)(C)C)CC2)cc1. The number of likely N-dealkylation sites (tertiary alicyclic amines) is 1. The lowest BCUT2D eigenvalue weighted by Gasteiger charge is -2.40. The lowest BCUT2D eigenvalue weighted by atomic mass is 9.75. The van der Waals surface area contributed by atoms with Crippen LogP contribution in [-0.4, -0.2) is 35.9 Å². The summed E-state index contributed by atoms with van der Waals surface area (Å²) in [5.41, 5.74) is 1.09. The van der Waals surface area contributed by atoms with Crippen molar-refractivity contribution in [3.8, 4) is 0 Å².